The number of thiophene rings is 1. The Morgan fingerprint density at radius 2 is 2.25 bits per heavy atom. The maximum absolute atomic E-state index is 12.3. The number of hydrogen-bond donors (Lipinski definition) is 1. The molecule has 0 spiro atoms. The van der Waals surface area contributed by atoms with Crippen molar-refractivity contribution in [1.82, 2.24) is 9.94 Å². The molecule has 1 saturated carbocycles. The summed E-state index contributed by atoms with van der Waals surface area (Å²) in [5.41, 5.74) is 6.05. The molecule has 0 atom stereocenters. The van der Waals surface area contributed by atoms with Gasteiger partial charge >= 0.3 is 11.5 Å². The van der Waals surface area contributed by atoms with Crippen LogP contribution < -0.4 is 16.1 Å². The van der Waals surface area contributed by atoms with Crippen LogP contribution in [0.2, 0.25) is 0 Å². The average Bonchev–Trinajstić information content (AvgIpc) is 3.15. The Kier molecular flexibility index (Phi) is 3.01. The van der Waals surface area contributed by atoms with Crippen LogP contribution in [0.1, 0.15) is 38.3 Å². The molecule has 2 aromatic rings. The van der Waals surface area contributed by atoms with Gasteiger partial charge in [0, 0.05) is 5.39 Å². The maximum atomic E-state index is 12.3. The molecule has 2 aromatic heterocycles. The first-order valence-electron chi connectivity index (χ1n) is 6.51. The number of nitrogens with two attached hydrogens (primary N) is 1. The van der Waals surface area contributed by atoms with Crippen LogP contribution in [0.3, 0.4) is 0 Å². The third-order valence-electron chi connectivity index (χ3n) is 3.23. The first kappa shape index (κ1) is 13.1. The van der Waals surface area contributed by atoms with Crippen molar-refractivity contribution in [2.45, 2.75) is 32.6 Å². The van der Waals surface area contributed by atoms with Crippen LogP contribution >= 0.6 is 11.3 Å². The summed E-state index contributed by atoms with van der Waals surface area (Å²) in [4.78, 5) is 29.9. The summed E-state index contributed by atoms with van der Waals surface area (Å²) in [7, 11) is 0. The van der Waals surface area contributed by atoms with Crippen LogP contribution in [-0.2, 0) is 4.79 Å². The monoisotopic (exact) mass is 293 g/mol. The predicted octanol–water partition coefficient (Wildman–Crippen LogP) is 1.53. The average molecular weight is 293 g/mol. The molecule has 0 amide bonds. The van der Waals surface area contributed by atoms with E-state index in [1.165, 1.54) is 11.3 Å². The third-order valence-corrected chi connectivity index (χ3v) is 4.18. The summed E-state index contributed by atoms with van der Waals surface area (Å²) < 4.78 is 0.477. The van der Waals surface area contributed by atoms with Crippen molar-refractivity contribution < 1.29 is 9.63 Å². The molecule has 6 nitrogen and oxygen atoms in total. The third kappa shape index (κ3) is 2.18. The maximum Gasteiger partial charge on any atom is 0.338 e. The Morgan fingerprint density at radius 3 is 2.85 bits per heavy atom. The van der Waals surface area contributed by atoms with Crippen LogP contribution in [0.5, 0.6) is 0 Å². The molecule has 1 fully saturated rings. The standard InChI is InChI=1S/C13H15N3O3S/c1-6(2)10-8-5-9(14)20-11(8)12(17)16(15-10)19-13(18)7-3-4-7/h5-7H,3-4,14H2,1-2H3. The van der Waals surface area contributed by atoms with Crippen molar-refractivity contribution in [2.24, 2.45) is 5.92 Å². The molecule has 106 valence electrons. The smallest absolute Gasteiger partial charge is 0.338 e. The second-order valence-electron chi connectivity index (χ2n) is 5.29. The molecule has 20 heavy (non-hydrogen) atoms. The number of nitrogens with zero attached hydrogens (tertiary/aromatic N) is 2. The van der Waals surface area contributed by atoms with Gasteiger partial charge in [0.05, 0.1) is 16.6 Å². The number of carbonyl (C=O) groups is 1. The lowest BCUT2D eigenvalue weighted by Gasteiger charge is -2.10. The number of anilines is 1. The summed E-state index contributed by atoms with van der Waals surface area (Å²) in [5.74, 6) is -0.383. The zero-order chi connectivity index (χ0) is 14.4. The number of nitrogen functional groups attached to an aromatic ring is 1. The lowest BCUT2D eigenvalue weighted by molar-refractivity contribution is -0.148. The highest BCUT2D eigenvalue weighted by molar-refractivity contribution is 7.22. The Morgan fingerprint density at radius 1 is 1.55 bits per heavy atom. The van der Waals surface area contributed by atoms with Crippen LogP contribution in [0, 0.1) is 5.92 Å². The van der Waals surface area contributed by atoms with Gasteiger partial charge in [-0.25, -0.2) is 4.79 Å². The van der Waals surface area contributed by atoms with Gasteiger partial charge in [-0.1, -0.05) is 13.8 Å². The molecule has 2 heterocycles. The van der Waals surface area contributed by atoms with Gasteiger partial charge in [-0.3, -0.25) is 4.79 Å². The molecular formula is C13H15N3O3S. The molecule has 0 saturated heterocycles. The number of aromatic nitrogens is 2. The van der Waals surface area contributed by atoms with Gasteiger partial charge in [-0.15, -0.1) is 16.4 Å². The minimum atomic E-state index is -0.430. The summed E-state index contributed by atoms with van der Waals surface area (Å²) in [6.45, 7) is 3.93. The Hall–Kier alpha value is -1.89. The van der Waals surface area contributed by atoms with E-state index in [0.717, 1.165) is 23.1 Å². The molecule has 0 unspecified atom stereocenters. The molecular weight excluding hydrogens is 278 g/mol. The number of carbonyl (C=O) groups excluding carboxylic acids is 1. The number of rotatable bonds is 3. The predicted molar refractivity (Wildman–Crippen MR) is 76.7 cm³/mol. The highest BCUT2D eigenvalue weighted by Gasteiger charge is 2.33. The first-order valence-corrected chi connectivity index (χ1v) is 7.33. The van der Waals surface area contributed by atoms with Crippen molar-refractivity contribution in [3.05, 3.63) is 22.1 Å². The fraction of sp³-hybridized carbons (Fsp3) is 0.462. The van der Waals surface area contributed by atoms with E-state index in [9.17, 15) is 9.59 Å². The van der Waals surface area contributed by atoms with E-state index in [1.807, 2.05) is 13.8 Å². The summed E-state index contributed by atoms with van der Waals surface area (Å²) in [5, 5.41) is 5.47. The topological polar surface area (TPSA) is 87.2 Å². The zero-order valence-corrected chi connectivity index (χ0v) is 12.1. The van der Waals surface area contributed by atoms with Gasteiger partial charge in [0.25, 0.3) is 0 Å². The van der Waals surface area contributed by atoms with Crippen LogP contribution in [0.15, 0.2) is 10.9 Å². The summed E-state index contributed by atoms with van der Waals surface area (Å²) in [6, 6.07) is 1.75. The lowest BCUT2D eigenvalue weighted by atomic mass is 10.1. The highest BCUT2D eigenvalue weighted by atomic mass is 32.1. The van der Waals surface area contributed by atoms with Gasteiger partial charge < -0.3 is 10.6 Å². The van der Waals surface area contributed by atoms with Gasteiger partial charge in [0.2, 0.25) is 0 Å². The Bertz CT molecular complexity index is 743. The van der Waals surface area contributed by atoms with E-state index in [0.29, 0.717) is 15.4 Å². The molecule has 1 aliphatic rings. The Balaban J connectivity index is 2.13. The lowest BCUT2D eigenvalue weighted by Crippen LogP contribution is -2.34. The minimum absolute atomic E-state index is 0.0877. The zero-order valence-electron chi connectivity index (χ0n) is 11.3. The highest BCUT2D eigenvalue weighted by Crippen LogP contribution is 2.31. The second kappa shape index (κ2) is 4.59. The van der Waals surface area contributed by atoms with E-state index >= 15 is 0 Å². The van der Waals surface area contributed by atoms with Gasteiger partial charge in [-0.05, 0) is 29.7 Å². The normalized spacial score (nSPS) is 14.9. The molecule has 2 N–H and O–H groups in total. The fourth-order valence-electron chi connectivity index (χ4n) is 2.01. The Labute approximate surface area is 119 Å². The molecule has 0 aromatic carbocycles. The van der Waals surface area contributed by atoms with E-state index in [4.69, 9.17) is 10.6 Å². The second-order valence-corrected chi connectivity index (χ2v) is 6.38. The van der Waals surface area contributed by atoms with Gasteiger partial charge in [-0.2, -0.15) is 0 Å². The molecule has 0 radical (unpaired) electrons. The van der Waals surface area contributed by atoms with Crippen molar-refractivity contribution in [3.8, 4) is 0 Å². The van der Waals surface area contributed by atoms with Crippen molar-refractivity contribution in [1.29, 1.82) is 0 Å². The first-order chi connectivity index (χ1) is 9.47. The van der Waals surface area contributed by atoms with Crippen molar-refractivity contribution >= 4 is 32.4 Å². The minimum Gasteiger partial charge on any atom is -0.391 e. The molecule has 1 aliphatic carbocycles. The summed E-state index contributed by atoms with van der Waals surface area (Å²) >= 11 is 1.19. The molecule has 3 rings (SSSR count). The number of fused-ring (bicyclic) bond motifs is 1. The van der Waals surface area contributed by atoms with E-state index in [-0.39, 0.29) is 11.8 Å². The van der Waals surface area contributed by atoms with Crippen LogP contribution in [0.4, 0.5) is 5.00 Å². The fourth-order valence-corrected chi connectivity index (χ4v) is 2.86. The van der Waals surface area contributed by atoms with E-state index in [2.05, 4.69) is 5.10 Å². The number of hydrogen-bond acceptors (Lipinski definition) is 6. The van der Waals surface area contributed by atoms with Crippen molar-refractivity contribution in [2.75, 3.05) is 5.73 Å². The molecule has 0 aliphatic heterocycles. The molecule has 7 heteroatoms. The SMILES string of the molecule is CC(C)c1nn(OC(=O)C2CC2)c(=O)c2sc(N)cc12. The van der Waals surface area contributed by atoms with Crippen LogP contribution in [-0.4, -0.2) is 15.9 Å². The largest absolute Gasteiger partial charge is 0.391 e. The summed E-state index contributed by atoms with van der Waals surface area (Å²) in [6.07, 6.45) is 1.64. The van der Waals surface area contributed by atoms with Gasteiger partial charge in [0.1, 0.15) is 4.70 Å². The van der Waals surface area contributed by atoms with Crippen LogP contribution in [0.25, 0.3) is 10.1 Å². The molecule has 0 bridgehead atoms. The quantitative estimate of drug-likeness (QED) is 0.927. The van der Waals surface area contributed by atoms with Gasteiger partial charge in [0.15, 0.2) is 0 Å². The van der Waals surface area contributed by atoms with E-state index in [1.54, 1.807) is 6.07 Å². The van der Waals surface area contributed by atoms with Crippen molar-refractivity contribution in [3.63, 3.8) is 0 Å². The van der Waals surface area contributed by atoms with E-state index < -0.39 is 11.5 Å².